The number of phenolic OH excluding ortho intramolecular Hbond substituents is 1. The summed E-state index contributed by atoms with van der Waals surface area (Å²) in [7, 11) is 0. The first-order valence-corrected chi connectivity index (χ1v) is 6.58. The van der Waals surface area contributed by atoms with E-state index in [0.29, 0.717) is 6.07 Å². The van der Waals surface area contributed by atoms with E-state index in [0.717, 1.165) is 25.7 Å². The molecular formula is C15H14F3NO2. The number of carbonyl (C=O) groups excluding carboxylic acids is 1. The minimum absolute atomic E-state index is 0.0529. The molecule has 1 aliphatic rings. The summed E-state index contributed by atoms with van der Waals surface area (Å²) in [6.07, 6.45) is 8.51. The number of halogens is 3. The number of hydrogen-bond donors (Lipinski definition) is 1. The molecule has 21 heavy (non-hydrogen) atoms. The Balaban J connectivity index is 2.39. The van der Waals surface area contributed by atoms with Gasteiger partial charge in [-0.2, -0.15) is 4.39 Å². The Kier molecular flexibility index (Phi) is 4.41. The number of carbonyl (C=O) groups is 1. The molecule has 1 aliphatic carbocycles. The third kappa shape index (κ3) is 2.82. The number of benzene rings is 1. The third-order valence-electron chi connectivity index (χ3n) is 3.65. The first-order valence-electron chi connectivity index (χ1n) is 6.58. The normalized spacial score (nSPS) is 15.0. The first kappa shape index (κ1) is 15.2. The fourth-order valence-corrected chi connectivity index (χ4v) is 2.58. The van der Waals surface area contributed by atoms with Gasteiger partial charge in [0.15, 0.2) is 17.4 Å². The van der Waals surface area contributed by atoms with Crippen molar-refractivity contribution >= 4 is 5.91 Å². The van der Waals surface area contributed by atoms with Gasteiger partial charge in [-0.3, -0.25) is 4.79 Å². The predicted octanol–water partition coefficient (Wildman–Crippen LogP) is 2.83. The molecule has 0 bridgehead atoms. The van der Waals surface area contributed by atoms with Crippen molar-refractivity contribution in [1.29, 1.82) is 0 Å². The highest BCUT2D eigenvalue weighted by molar-refractivity contribution is 5.95. The van der Waals surface area contributed by atoms with Crippen LogP contribution < -0.4 is 0 Å². The van der Waals surface area contributed by atoms with E-state index < -0.39 is 34.7 Å². The molecule has 0 aliphatic heterocycles. The molecule has 0 unspecified atom stereocenters. The van der Waals surface area contributed by atoms with E-state index in [1.807, 2.05) is 0 Å². The summed E-state index contributed by atoms with van der Waals surface area (Å²) >= 11 is 0. The van der Waals surface area contributed by atoms with Gasteiger partial charge in [0.25, 0.3) is 5.91 Å². The Labute approximate surface area is 120 Å². The summed E-state index contributed by atoms with van der Waals surface area (Å²) in [6.45, 7) is -0.0529. The van der Waals surface area contributed by atoms with Crippen molar-refractivity contribution < 1.29 is 23.1 Å². The lowest BCUT2D eigenvalue weighted by Gasteiger charge is -2.27. The molecule has 0 saturated heterocycles. The lowest BCUT2D eigenvalue weighted by atomic mass is 10.1. The molecule has 0 aromatic heterocycles. The molecule has 6 heteroatoms. The Morgan fingerprint density at radius 2 is 1.95 bits per heavy atom. The lowest BCUT2D eigenvalue weighted by Crippen LogP contribution is -2.39. The third-order valence-corrected chi connectivity index (χ3v) is 3.65. The second-order valence-electron chi connectivity index (χ2n) is 4.96. The van der Waals surface area contributed by atoms with Gasteiger partial charge in [0.1, 0.15) is 0 Å². The molecular weight excluding hydrogens is 283 g/mol. The van der Waals surface area contributed by atoms with Crippen LogP contribution in [0.4, 0.5) is 13.2 Å². The van der Waals surface area contributed by atoms with Crippen molar-refractivity contribution in [3.63, 3.8) is 0 Å². The van der Waals surface area contributed by atoms with Crippen LogP contribution >= 0.6 is 0 Å². The first-order chi connectivity index (χ1) is 9.97. The standard InChI is InChI=1S/C15H14F3NO2/c1-2-7-19(9-5-3-4-6-9)15(21)10-8-11(16)13(18)14(20)12(10)17/h1,8-9,20H,3-7H2. The van der Waals surface area contributed by atoms with Crippen molar-refractivity contribution in [2.75, 3.05) is 6.54 Å². The average molecular weight is 297 g/mol. The van der Waals surface area contributed by atoms with Gasteiger partial charge in [-0.05, 0) is 18.9 Å². The van der Waals surface area contributed by atoms with Crippen molar-refractivity contribution in [3.8, 4) is 18.1 Å². The van der Waals surface area contributed by atoms with Crippen molar-refractivity contribution in [3.05, 3.63) is 29.1 Å². The van der Waals surface area contributed by atoms with E-state index in [1.165, 1.54) is 4.90 Å². The van der Waals surface area contributed by atoms with Crippen LogP contribution in [0.5, 0.6) is 5.75 Å². The number of amides is 1. The Morgan fingerprint density at radius 1 is 1.33 bits per heavy atom. The molecule has 0 heterocycles. The van der Waals surface area contributed by atoms with Crippen LogP contribution in [0.15, 0.2) is 6.07 Å². The number of rotatable bonds is 3. The van der Waals surface area contributed by atoms with Crippen LogP contribution in [0.2, 0.25) is 0 Å². The smallest absolute Gasteiger partial charge is 0.258 e. The number of phenols is 1. The molecule has 1 N–H and O–H groups in total. The fourth-order valence-electron chi connectivity index (χ4n) is 2.58. The van der Waals surface area contributed by atoms with E-state index in [9.17, 15) is 23.1 Å². The molecule has 2 rings (SSSR count). The molecule has 1 aromatic rings. The monoisotopic (exact) mass is 297 g/mol. The maximum atomic E-state index is 13.8. The Bertz CT molecular complexity index is 604. The maximum absolute atomic E-state index is 13.8. The Hall–Kier alpha value is -2.16. The molecule has 0 radical (unpaired) electrons. The summed E-state index contributed by atoms with van der Waals surface area (Å²) in [5.74, 6) is -4.70. The van der Waals surface area contributed by atoms with Crippen LogP contribution in [0, 0.1) is 29.8 Å². The molecule has 1 fully saturated rings. The second-order valence-corrected chi connectivity index (χ2v) is 4.96. The highest BCUT2D eigenvalue weighted by Gasteiger charge is 2.30. The van der Waals surface area contributed by atoms with Gasteiger partial charge in [-0.25, -0.2) is 8.78 Å². The zero-order chi connectivity index (χ0) is 15.6. The average Bonchev–Trinajstić information content (AvgIpc) is 2.99. The van der Waals surface area contributed by atoms with Gasteiger partial charge in [0, 0.05) is 6.04 Å². The van der Waals surface area contributed by atoms with Gasteiger partial charge in [0.05, 0.1) is 12.1 Å². The van der Waals surface area contributed by atoms with E-state index in [2.05, 4.69) is 5.92 Å². The van der Waals surface area contributed by atoms with E-state index in [1.54, 1.807) is 0 Å². The van der Waals surface area contributed by atoms with E-state index in [4.69, 9.17) is 6.42 Å². The topological polar surface area (TPSA) is 40.5 Å². The fraction of sp³-hybridized carbons (Fsp3) is 0.400. The molecule has 1 saturated carbocycles. The van der Waals surface area contributed by atoms with Crippen LogP contribution in [0.25, 0.3) is 0 Å². The van der Waals surface area contributed by atoms with Crippen LogP contribution in [-0.2, 0) is 0 Å². The number of aromatic hydroxyl groups is 1. The zero-order valence-electron chi connectivity index (χ0n) is 11.2. The molecule has 3 nitrogen and oxygen atoms in total. The van der Waals surface area contributed by atoms with Crippen molar-refractivity contribution in [1.82, 2.24) is 4.90 Å². The zero-order valence-corrected chi connectivity index (χ0v) is 11.2. The summed E-state index contributed by atoms with van der Waals surface area (Å²) in [5, 5.41) is 9.19. The second kappa shape index (κ2) is 6.08. The highest BCUT2D eigenvalue weighted by Crippen LogP contribution is 2.29. The molecule has 0 atom stereocenters. The summed E-state index contributed by atoms with van der Waals surface area (Å²) in [6, 6.07) is 0.300. The van der Waals surface area contributed by atoms with Gasteiger partial charge in [0.2, 0.25) is 5.82 Å². The van der Waals surface area contributed by atoms with Crippen molar-refractivity contribution in [2.45, 2.75) is 31.7 Å². The van der Waals surface area contributed by atoms with Crippen LogP contribution in [0.3, 0.4) is 0 Å². The van der Waals surface area contributed by atoms with Crippen molar-refractivity contribution in [2.24, 2.45) is 0 Å². The summed E-state index contributed by atoms with van der Waals surface area (Å²) in [5.41, 5.74) is -0.714. The maximum Gasteiger partial charge on any atom is 0.258 e. The minimum Gasteiger partial charge on any atom is -0.503 e. The van der Waals surface area contributed by atoms with Gasteiger partial charge in [-0.15, -0.1) is 6.42 Å². The van der Waals surface area contributed by atoms with Crippen LogP contribution in [0.1, 0.15) is 36.0 Å². The Morgan fingerprint density at radius 3 is 2.52 bits per heavy atom. The SMILES string of the molecule is C#CCN(C(=O)c1cc(F)c(F)c(O)c1F)C1CCCC1. The predicted molar refractivity (Wildman–Crippen MR) is 70.1 cm³/mol. The largest absolute Gasteiger partial charge is 0.503 e. The minimum atomic E-state index is -1.71. The van der Waals surface area contributed by atoms with E-state index in [-0.39, 0.29) is 12.6 Å². The number of terminal acetylenes is 1. The highest BCUT2D eigenvalue weighted by atomic mass is 19.2. The van der Waals surface area contributed by atoms with Gasteiger partial charge < -0.3 is 10.0 Å². The van der Waals surface area contributed by atoms with E-state index >= 15 is 0 Å². The lowest BCUT2D eigenvalue weighted by molar-refractivity contribution is 0.0703. The van der Waals surface area contributed by atoms with Gasteiger partial charge >= 0.3 is 0 Å². The molecule has 112 valence electrons. The summed E-state index contributed by atoms with van der Waals surface area (Å²) < 4.78 is 40.2. The number of hydrogen-bond acceptors (Lipinski definition) is 2. The summed E-state index contributed by atoms with van der Waals surface area (Å²) in [4.78, 5) is 13.6. The molecule has 1 amide bonds. The quantitative estimate of drug-likeness (QED) is 0.688. The molecule has 0 spiro atoms. The van der Waals surface area contributed by atoms with Gasteiger partial charge in [-0.1, -0.05) is 18.8 Å². The van der Waals surface area contributed by atoms with Crippen LogP contribution in [-0.4, -0.2) is 28.5 Å². The number of nitrogens with zero attached hydrogens (tertiary/aromatic N) is 1. The molecule has 1 aromatic carbocycles.